The molecular weight excluding hydrogens is 340 g/mol. The van der Waals surface area contributed by atoms with Crippen LogP contribution in [0.3, 0.4) is 0 Å². The summed E-state index contributed by atoms with van der Waals surface area (Å²) in [5.74, 6) is 1.84. The summed E-state index contributed by atoms with van der Waals surface area (Å²) in [4.78, 5) is 0. The van der Waals surface area contributed by atoms with E-state index in [1.807, 2.05) is 12.1 Å². The standard InChI is InChI=1S/C23H30O4/c1-4-5-6-9-17-12-13-20-21(14-17)23(27-16-25-3)19-11-8-7-10-18(19)22(20)26-15-24-2/h7-8,10-12H,4-6,9,13-16H2,1-3H3. The summed E-state index contributed by atoms with van der Waals surface area (Å²) >= 11 is 0. The van der Waals surface area contributed by atoms with Crippen LogP contribution in [0.1, 0.15) is 43.7 Å². The Labute approximate surface area is 162 Å². The third kappa shape index (κ3) is 4.45. The number of benzene rings is 2. The highest BCUT2D eigenvalue weighted by Gasteiger charge is 2.24. The Hall–Kier alpha value is -2.04. The van der Waals surface area contributed by atoms with Gasteiger partial charge in [0.25, 0.3) is 0 Å². The van der Waals surface area contributed by atoms with E-state index >= 15 is 0 Å². The third-order valence-corrected chi connectivity index (χ3v) is 5.07. The SMILES string of the molecule is CCCCCC1=CCc2c(c(OCOC)c3ccccc3c2OCOC)C1. The van der Waals surface area contributed by atoms with Crippen molar-refractivity contribution < 1.29 is 18.9 Å². The van der Waals surface area contributed by atoms with E-state index in [0.717, 1.165) is 41.5 Å². The van der Waals surface area contributed by atoms with Gasteiger partial charge in [-0.25, -0.2) is 0 Å². The molecule has 0 bridgehead atoms. The zero-order chi connectivity index (χ0) is 19.1. The second-order valence-electron chi connectivity index (χ2n) is 6.96. The average molecular weight is 370 g/mol. The largest absolute Gasteiger partial charge is 0.467 e. The third-order valence-electron chi connectivity index (χ3n) is 5.07. The van der Waals surface area contributed by atoms with Gasteiger partial charge in [0.2, 0.25) is 0 Å². The molecule has 4 nitrogen and oxygen atoms in total. The van der Waals surface area contributed by atoms with E-state index in [-0.39, 0.29) is 13.6 Å². The first-order chi connectivity index (χ1) is 13.3. The molecule has 2 aromatic rings. The van der Waals surface area contributed by atoms with Crippen LogP contribution in [0.2, 0.25) is 0 Å². The van der Waals surface area contributed by atoms with Crippen LogP contribution in [0.15, 0.2) is 35.9 Å². The Morgan fingerprint density at radius 2 is 1.48 bits per heavy atom. The molecule has 0 N–H and O–H groups in total. The number of hydrogen-bond donors (Lipinski definition) is 0. The molecule has 1 aliphatic rings. The highest BCUT2D eigenvalue weighted by atomic mass is 16.7. The molecule has 3 rings (SSSR count). The molecule has 0 aromatic heterocycles. The lowest BCUT2D eigenvalue weighted by atomic mass is 9.85. The van der Waals surface area contributed by atoms with E-state index in [1.165, 1.54) is 36.0 Å². The van der Waals surface area contributed by atoms with Gasteiger partial charge in [0.1, 0.15) is 11.5 Å². The lowest BCUT2D eigenvalue weighted by molar-refractivity contribution is 0.0489. The van der Waals surface area contributed by atoms with Crippen molar-refractivity contribution in [1.82, 2.24) is 0 Å². The van der Waals surface area contributed by atoms with Crippen LogP contribution in [0.5, 0.6) is 11.5 Å². The summed E-state index contributed by atoms with van der Waals surface area (Å²) in [7, 11) is 3.30. The van der Waals surface area contributed by atoms with Gasteiger partial charge in [0, 0.05) is 36.1 Å². The van der Waals surface area contributed by atoms with Gasteiger partial charge >= 0.3 is 0 Å². The van der Waals surface area contributed by atoms with Crippen LogP contribution >= 0.6 is 0 Å². The van der Waals surface area contributed by atoms with E-state index in [1.54, 1.807) is 14.2 Å². The molecule has 0 unspecified atom stereocenters. The minimum atomic E-state index is 0.238. The van der Waals surface area contributed by atoms with Crippen LogP contribution in [0.25, 0.3) is 10.8 Å². The summed E-state index contributed by atoms with van der Waals surface area (Å²) in [5, 5.41) is 2.12. The van der Waals surface area contributed by atoms with Gasteiger partial charge in [0.05, 0.1) is 0 Å². The first-order valence-corrected chi connectivity index (χ1v) is 9.78. The lowest BCUT2D eigenvalue weighted by Gasteiger charge is -2.25. The summed E-state index contributed by atoms with van der Waals surface area (Å²) in [6, 6.07) is 8.24. The molecule has 0 radical (unpaired) electrons. The fourth-order valence-corrected chi connectivity index (χ4v) is 3.78. The molecular formula is C23H30O4. The molecule has 146 valence electrons. The van der Waals surface area contributed by atoms with Crippen molar-refractivity contribution >= 4 is 10.8 Å². The first kappa shape index (κ1) is 19.7. The first-order valence-electron chi connectivity index (χ1n) is 9.78. The molecule has 0 fully saturated rings. The molecule has 2 aromatic carbocycles. The van der Waals surface area contributed by atoms with Crippen LogP contribution in [-0.4, -0.2) is 27.8 Å². The van der Waals surface area contributed by atoms with Gasteiger partial charge in [0.15, 0.2) is 13.6 Å². The van der Waals surface area contributed by atoms with Crippen molar-refractivity contribution in [2.45, 2.75) is 45.4 Å². The zero-order valence-electron chi connectivity index (χ0n) is 16.7. The predicted octanol–water partition coefficient (Wildman–Crippen LogP) is 5.41. The minimum Gasteiger partial charge on any atom is -0.467 e. The fourth-order valence-electron chi connectivity index (χ4n) is 3.78. The normalized spacial score (nSPS) is 13.4. The van der Waals surface area contributed by atoms with E-state index in [2.05, 4.69) is 25.1 Å². The number of methoxy groups -OCH3 is 2. The number of allylic oxidation sites excluding steroid dienone is 2. The van der Waals surface area contributed by atoms with Crippen molar-refractivity contribution in [2.75, 3.05) is 27.8 Å². The summed E-state index contributed by atoms with van der Waals surface area (Å²) in [6.07, 6.45) is 9.05. The molecule has 0 atom stereocenters. The van der Waals surface area contributed by atoms with Crippen LogP contribution < -0.4 is 9.47 Å². The van der Waals surface area contributed by atoms with Gasteiger partial charge in [-0.1, -0.05) is 55.7 Å². The Bertz CT molecular complexity index is 795. The predicted molar refractivity (Wildman–Crippen MR) is 109 cm³/mol. The Morgan fingerprint density at radius 3 is 2.07 bits per heavy atom. The molecule has 1 aliphatic carbocycles. The van der Waals surface area contributed by atoms with Crippen molar-refractivity contribution in [3.05, 3.63) is 47.0 Å². The molecule has 27 heavy (non-hydrogen) atoms. The summed E-state index contributed by atoms with van der Waals surface area (Å²) < 4.78 is 22.5. The van der Waals surface area contributed by atoms with Gasteiger partial charge in [-0.15, -0.1) is 0 Å². The summed E-state index contributed by atoms with van der Waals surface area (Å²) in [5.41, 5.74) is 3.92. The molecule has 0 heterocycles. The lowest BCUT2D eigenvalue weighted by Crippen LogP contribution is -2.12. The second kappa shape index (κ2) is 9.77. The van der Waals surface area contributed by atoms with Crippen molar-refractivity contribution in [3.63, 3.8) is 0 Å². The fraction of sp³-hybridized carbons (Fsp3) is 0.478. The molecule has 0 aliphatic heterocycles. The Kier molecular flexibility index (Phi) is 7.13. The summed E-state index contributed by atoms with van der Waals surface area (Å²) in [6.45, 7) is 2.72. The number of unbranched alkanes of at least 4 members (excludes halogenated alkanes) is 2. The molecule has 0 spiro atoms. The van der Waals surface area contributed by atoms with E-state index < -0.39 is 0 Å². The molecule has 0 saturated carbocycles. The van der Waals surface area contributed by atoms with E-state index in [9.17, 15) is 0 Å². The van der Waals surface area contributed by atoms with Gasteiger partial charge < -0.3 is 18.9 Å². The smallest absolute Gasteiger partial charge is 0.188 e. The number of hydrogen-bond acceptors (Lipinski definition) is 4. The Balaban J connectivity index is 2.05. The Morgan fingerprint density at radius 1 is 0.852 bits per heavy atom. The van der Waals surface area contributed by atoms with E-state index in [4.69, 9.17) is 18.9 Å². The van der Waals surface area contributed by atoms with Gasteiger partial charge in [-0.3, -0.25) is 0 Å². The molecule has 0 saturated heterocycles. The van der Waals surface area contributed by atoms with Crippen LogP contribution in [0.4, 0.5) is 0 Å². The molecule has 0 amide bonds. The highest BCUT2D eigenvalue weighted by molar-refractivity contribution is 5.96. The molecule has 4 heteroatoms. The van der Waals surface area contributed by atoms with Crippen molar-refractivity contribution in [2.24, 2.45) is 0 Å². The van der Waals surface area contributed by atoms with Crippen molar-refractivity contribution in [3.8, 4) is 11.5 Å². The number of ether oxygens (including phenoxy) is 4. The number of rotatable bonds is 10. The zero-order valence-corrected chi connectivity index (χ0v) is 16.7. The van der Waals surface area contributed by atoms with Gasteiger partial charge in [-0.2, -0.15) is 0 Å². The minimum absolute atomic E-state index is 0.238. The van der Waals surface area contributed by atoms with Crippen molar-refractivity contribution in [1.29, 1.82) is 0 Å². The topological polar surface area (TPSA) is 36.9 Å². The highest BCUT2D eigenvalue weighted by Crippen LogP contribution is 2.44. The quantitative estimate of drug-likeness (QED) is 0.318. The van der Waals surface area contributed by atoms with Crippen LogP contribution in [0, 0.1) is 0 Å². The monoisotopic (exact) mass is 370 g/mol. The van der Waals surface area contributed by atoms with Crippen LogP contribution in [-0.2, 0) is 22.3 Å². The maximum atomic E-state index is 6.06. The number of fused-ring (bicyclic) bond motifs is 2. The average Bonchev–Trinajstić information content (AvgIpc) is 2.70. The maximum Gasteiger partial charge on any atom is 0.188 e. The maximum absolute atomic E-state index is 6.06. The second-order valence-corrected chi connectivity index (χ2v) is 6.96. The van der Waals surface area contributed by atoms with E-state index in [0.29, 0.717) is 0 Å². The van der Waals surface area contributed by atoms with Gasteiger partial charge in [-0.05, 0) is 25.7 Å².